The first-order valence-electron chi connectivity index (χ1n) is 8.73. The summed E-state index contributed by atoms with van der Waals surface area (Å²) in [4.78, 5) is 14.4. The van der Waals surface area contributed by atoms with E-state index in [1.165, 1.54) is 6.07 Å². The highest BCUT2D eigenvalue weighted by Gasteiger charge is 2.32. The molecule has 0 aromatic heterocycles. The van der Waals surface area contributed by atoms with Crippen molar-refractivity contribution in [1.82, 2.24) is 0 Å². The molecule has 2 aliphatic heterocycles. The lowest BCUT2D eigenvalue weighted by Crippen LogP contribution is -2.34. The smallest absolute Gasteiger partial charge is 0.370 e. The van der Waals surface area contributed by atoms with Crippen LogP contribution >= 0.6 is 0 Å². The van der Waals surface area contributed by atoms with Crippen LogP contribution < -0.4 is 10.2 Å². The van der Waals surface area contributed by atoms with E-state index in [9.17, 15) is 18.0 Å². The standard InChI is InChI=1S/C18H23F3N2O2/c1-12-6-8-23(9-7-12)15-5-4-13(18(19,20)21)11-14(15)22-17(24)16-3-2-10-25-16/h4-5,11-12,16H,2-3,6-10H2,1H3,(H,22,24). The molecule has 138 valence electrons. The molecule has 4 nitrogen and oxygen atoms in total. The minimum atomic E-state index is -4.45. The normalized spacial score (nSPS) is 22.2. The highest BCUT2D eigenvalue weighted by molar-refractivity contribution is 5.97. The van der Waals surface area contributed by atoms with Crippen LogP contribution in [0, 0.1) is 5.92 Å². The highest BCUT2D eigenvalue weighted by Crippen LogP contribution is 2.37. The van der Waals surface area contributed by atoms with Crippen molar-refractivity contribution < 1.29 is 22.7 Å². The second-order valence-corrected chi connectivity index (χ2v) is 6.89. The van der Waals surface area contributed by atoms with Gasteiger partial charge in [0.1, 0.15) is 6.10 Å². The number of benzene rings is 1. The molecule has 3 rings (SSSR count). The number of piperidine rings is 1. The van der Waals surface area contributed by atoms with E-state index in [1.807, 2.05) is 4.90 Å². The molecule has 2 fully saturated rings. The van der Waals surface area contributed by atoms with E-state index in [2.05, 4.69) is 12.2 Å². The fraction of sp³-hybridized carbons (Fsp3) is 0.611. The van der Waals surface area contributed by atoms with Crippen molar-refractivity contribution in [2.24, 2.45) is 5.92 Å². The van der Waals surface area contributed by atoms with Gasteiger partial charge < -0.3 is 15.0 Å². The van der Waals surface area contributed by atoms with Gasteiger partial charge in [-0.15, -0.1) is 0 Å². The van der Waals surface area contributed by atoms with Crippen LogP contribution in [0.5, 0.6) is 0 Å². The molecule has 2 aliphatic rings. The summed E-state index contributed by atoms with van der Waals surface area (Å²) in [6.45, 7) is 4.23. The van der Waals surface area contributed by atoms with Gasteiger partial charge in [-0.2, -0.15) is 13.2 Å². The van der Waals surface area contributed by atoms with E-state index >= 15 is 0 Å². The number of amides is 1. The fourth-order valence-electron chi connectivity index (χ4n) is 3.34. The highest BCUT2D eigenvalue weighted by atomic mass is 19.4. The summed E-state index contributed by atoms with van der Waals surface area (Å²) < 4.78 is 44.6. The topological polar surface area (TPSA) is 41.6 Å². The SMILES string of the molecule is CC1CCN(c2ccc(C(F)(F)F)cc2NC(=O)C2CCCO2)CC1. The molecule has 0 saturated carbocycles. The van der Waals surface area contributed by atoms with Crippen molar-refractivity contribution in [2.75, 3.05) is 29.9 Å². The molecule has 1 atom stereocenters. The van der Waals surface area contributed by atoms with Crippen molar-refractivity contribution in [3.63, 3.8) is 0 Å². The van der Waals surface area contributed by atoms with E-state index in [0.717, 1.165) is 44.5 Å². The van der Waals surface area contributed by atoms with Crippen molar-refractivity contribution in [3.05, 3.63) is 23.8 Å². The fourth-order valence-corrected chi connectivity index (χ4v) is 3.34. The maximum absolute atomic E-state index is 13.1. The van der Waals surface area contributed by atoms with E-state index in [-0.39, 0.29) is 11.6 Å². The van der Waals surface area contributed by atoms with Gasteiger partial charge in [-0.1, -0.05) is 6.92 Å². The Morgan fingerprint density at radius 3 is 2.56 bits per heavy atom. The van der Waals surface area contributed by atoms with Gasteiger partial charge in [-0.3, -0.25) is 4.79 Å². The third-order valence-electron chi connectivity index (χ3n) is 4.93. The number of hydrogen-bond acceptors (Lipinski definition) is 3. The second kappa shape index (κ2) is 7.23. The molecule has 25 heavy (non-hydrogen) atoms. The Balaban J connectivity index is 1.86. The molecular formula is C18H23F3N2O2. The maximum Gasteiger partial charge on any atom is 0.416 e. The monoisotopic (exact) mass is 356 g/mol. The van der Waals surface area contributed by atoms with Gasteiger partial charge >= 0.3 is 6.18 Å². The molecule has 1 amide bonds. The quantitative estimate of drug-likeness (QED) is 0.888. The molecule has 2 heterocycles. The van der Waals surface area contributed by atoms with E-state index in [0.29, 0.717) is 24.6 Å². The zero-order chi connectivity index (χ0) is 18.0. The van der Waals surface area contributed by atoms with Crippen LogP contribution in [0.2, 0.25) is 0 Å². The summed E-state index contributed by atoms with van der Waals surface area (Å²) in [5.74, 6) is 0.235. The molecule has 0 spiro atoms. The summed E-state index contributed by atoms with van der Waals surface area (Å²) >= 11 is 0. The number of carbonyl (C=O) groups is 1. The predicted molar refractivity (Wildman–Crippen MR) is 89.7 cm³/mol. The van der Waals surface area contributed by atoms with E-state index in [1.54, 1.807) is 0 Å². The van der Waals surface area contributed by atoms with Gasteiger partial charge in [-0.05, 0) is 49.8 Å². The number of nitrogens with zero attached hydrogens (tertiary/aromatic N) is 1. The molecule has 2 saturated heterocycles. The van der Waals surface area contributed by atoms with Crippen molar-refractivity contribution in [2.45, 2.75) is 44.9 Å². The van der Waals surface area contributed by atoms with Gasteiger partial charge in [0.2, 0.25) is 0 Å². The lowest BCUT2D eigenvalue weighted by molar-refractivity contribution is -0.137. The number of nitrogens with one attached hydrogen (secondary N) is 1. The Bertz CT molecular complexity index is 619. The number of ether oxygens (including phenoxy) is 1. The van der Waals surface area contributed by atoms with Crippen LogP contribution in [0.1, 0.15) is 38.2 Å². The van der Waals surface area contributed by atoms with Crippen molar-refractivity contribution >= 4 is 17.3 Å². The Labute approximate surface area is 145 Å². The Morgan fingerprint density at radius 1 is 1.24 bits per heavy atom. The summed E-state index contributed by atoms with van der Waals surface area (Å²) in [7, 11) is 0. The van der Waals surface area contributed by atoms with Crippen LogP contribution in [-0.4, -0.2) is 31.7 Å². The molecule has 0 aliphatic carbocycles. The molecule has 1 N–H and O–H groups in total. The van der Waals surface area contributed by atoms with Crippen molar-refractivity contribution in [1.29, 1.82) is 0 Å². The Hall–Kier alpha value is -1.76. The molecular weight excluding hydrogens is 333 g/mol. The Morgan fingerprint density at radius 2 is 1.96 bits per heavy atom. The van der Waals surface area contributed by atoms with Gasteiger partial charge in [0.25, 0.3) is 5.91 Å². The zero-order valence-corrected chi connectivity index (χ0v) is 14.2. The maximum atomic E-state index is 13.1. The lowest BCUT2D eigenvalue weighted by atomic mass is 9.98. The number of carbonyl (C=O) groups excluding carboxylic acids is 1. The minimum absolute atomic E-state index is 0.213. The summed E-state index contributed by atoms with van der Waals surface area (Å²) in [6.07, 6.45) is -1.67. The average Bonchev–Trinajstić information content (AvgIpc) is 3.09. The first kappa shape index (κ1) is 18.0. The number of alkyl halides is 3. The van der Waals surface area contributed by atoms with E-state index in [4.69, 9.17) is 4.74 Å². The number of hydrogen-bond donors (Lipinski definition) is 1. The third kappa shape index (κ3) is 4.26. The van der Waals surface area contributed by atoms with Crippen LogP contribution in [0.25, 0.3) is 0 Å². The summed E-state index contributed by atoms with van der Waals surface area (Å²) in [6, 6.07) is 3.57. The molecule has 1 aromatic rings. The predicted octanol–water partition coefficient (Wildman–Crippen LogP) is 4.06. The van der Waals surface area contributed by atoms with Gasteiger partial charge in [-0.25, -0.2) is 0 Å². The lowest BCUT2D eigenvalue weighted by Gasteiger charge is -2.33. The van der Waals surface area contributed by atoms with Gasteiger partial charge in [0.05, 0.1) is 16.9 Å². The number of halogens is 3. The molecule has 0 radical (unpaired) electrons. The van der Waals surface area contributed by atoms with Crippen LogP contribution in [-0.2, 0) is 15.7 Å². The minimum Gasteiger partial charge on any atom is -0.370 e. The van der Waals surface area contributed by atoms with Gasteiger partial charge in [0, 0.05) is 19.7 Å². The number of rotatable bonds is 3. The molecule has 0 bridgehead atoms. The van der Waals surface area contributed by atoms with Crippen molar-refractivity contribution in [3.8, 4) is 0 Å². The summed E-state index contributed by atoms with van der Waals surface area (Å²) in [5.41, 5.74) is 0.0976. The second-order valence-electron chi connectivity index (χ2n) is 6.89. The van der Waals surface area contributed by atoms with Crippen LogP contribution in [0.3, 0.4) is 0 Å². The zero-order valence-electron chi connectivity index (χ0n) is 14.2. The number of anilines is 2. The van der Waals surface area contributed by atoms with Gasteiger partial charge in [0.15, 0.2) is 0 Å². The first-order chi connectivity index (χ1) is 11.8. The molecule has 7 heteroatoms. The Kier molecular flexibility index (Phi) is 5.22. The van der Waals surface area contributed by atoms with Crippen LogP contribution in [0.15, 0.2) is 18.2 Å². The van der Waals surface area contributed by atoms with Crippen LogP contribution in [0.4, 0.5) is 24.5 Å². The first-order valence-corrected chi connectivity index (χ1v) is 8.73. The largest absolute Gasteiger partial charge is 0.416 e. The third-order valence-corrected chi connectivity index (χ3v) is 4.93. The molecule has 1 unspecified atom stereocenters. The molecule has 1 aromatic carbocycles. The summed E-state index contributed by atoms with van der Waals surface area (Å²) in [5, 5.41) is 2.67. The van der Waals surface area contributed by atoms with E-state index < -0.39 is 17.8 Å². The average molecular weight is 356 g/mol.